The second-order valence-electron chi connectivity index (χ2n) is 8.18. The molecule has 3 aromatic carbocycles. The molecule has 166 valence electrons. The zero-order chi connectivity index (χ0) is 22.8. The molecule has 5 rings (SSSR count). The van der Waals surface area contributed by atoms with E-state index in [1.165, 1.54) is 5.69 Å². The largest absolute Gasteiger partial charge is 0.368 e. The van der Waals surface area contributed by atoms with E-state index in [2.05, 4.69) is 22.0 Å². The number of para-hydroxylation sites is 2. The maximum Gasteiger partial charge on any atom is 0.262 e. The second kappa shape index (κ2) is 9.03. The van der Waals surface area contributed by atoms with Crippen molar-refractivity contribution >= 4 is 34.7 Å². The van der Waals surface area contributed by atoms with Crippen LogP contribution in [0.2, 0.25) is 0 Å². The number of hydrogen-bond acceptors (Lipinski definition) is 4. The topological polar surface area (TPSA) is 61.3 Å². The molecule has 0 atom stereocenters. The minimum Gasteiger partial charge on any atom is -0.368 e. The van der Waals surface area contributed by atoms with Gasteiger partial charge in [0.2, 0.25) is 0 Å². The third-order valence-corrected chi connectivity index (χ3v) is 6.44. The van der Waals surface area contributed by atoms with Gasteiger partial charge in [-0.15, -0.1) is 0 Å². The predicted molar refractivity (Wildman–Crippen MR) is 133 cm³/mol. The Balaban J connectivity index is 1.28. The summed E-state index contributed by atoms with van der Waals surface area (Å²) in [6.07, 6.45) is 0. The molecule has 7 heteroatoms. The van der Waals surface area contributed by atoms with E-state index in [1.807, 2.05) is 65.6 Å². The Labute approximate surface area is 196 Å². The van der Waals surface area contributed by atoms with Crippen molar-refractivity contribution in [3.8, 4) is 0 Å². The number of anilines is 1. The van der Waals surface area contributed by atoms with E-state index in [0.717, 1.165) is 24.2 Å². The molecule has 1 N–H and O–H groups in total. The predicted octanol–water partition coefficient (Wildman–Crippen LogP) is 4.07. The summed E-state index contributed by atoms with van der Waals surface area (Å²) in [4.78, 5) is 33.2. The Morgan fingerprint density at radius 1 is 0.848 bits per heavy atom. The van der Waals surface area contributed by atoms with E-state index in [4.69, 9.17) is 12.2 Å². The second-order valence-corrected chi connectivity index (χ2v) is 8.57. The number of amides is 1. The molecule has 33 heavy (non-hydrogen) atoms. The Morgan fingerprint density at radius 2 is 1.52 bits per heavy atom. The molecular formula is C26H24N4O2S. The summed E-state index contributed by atoms with van der Waals surface area (Å²) >= 11 is 5.41. The van der Waals surface area contributed by atoms with Crippen molar-refractivity contribution in [1.82, 2.24) is 14.5 Å². The smallest absolute Gasteiger partial charge is 0.262 e. The molecule has 6 nitrogen and oxygen atoms in total. The van der Waals surface area contributed by atoms with Gasteiger partial charge in [0.15, 0.2) is 4.77 Å². The fourth-order valence-corrected chi connectivity index (χ4v) is 4.52. The molecule has 1 aliphatic rings. The lowest BCUT2D eigenvalue weighted by molar-refractivity contribution is 0.0747. The van der Waals surface area contributed by atoms with Crippen LogP contribution in [0.5, 0.6) is 0 Å². The van der Waals surface area contributed by atoms with Crippen LogP contribution in [0.4, 0.5) is 5.69 Å². The summed E-state index contributed by atoms with van der Waals surface area (Å²) in [7, 11) is 0. The fraction of sp³-hybridized carbons (Fsp3) is 0.192. The maximum atomic E-state index is 13.0. The normalized spacial score (nSPS) is 13.9. The molecule has 0 radical (unpaired) electrons. The minimum atomic E-state index is -0.120. The number of nitrogens with zero attached hydrogens (tertiary/aromatic N) is 3. The molecule has 4 aromatic rings. The lowest BCUT2D eigenvalue weighted by atomic mass is 10.1. The summed E-state index contributed by atoms with van der Waals surface area (Å²) in [5.74, 6) is 0.0365. The van der Waals surface area contributed by atoms with E-state index >= 15 is 0 Å². The monoisotopic (exact) mass is 456 g/mol. The van der Waals surface area contributed by atoms with Gasteiger partial charge in [0.05, 0.1) is 17.4 Å². The van der Waals surface area contributed by atoms with E-state index in [0.29, 0.717) is 35.4 Å². The zero-order valence-corrected chi connectivity index (χ0v) is 18.9. The highest BCUT2D eigenvalue weighted by Crippen LogP contribution is 2.17. The summed E-state index contributed by atoms with van der Waals surface area (Å²) in [6, 6.07) is 25.1. The van der Waals surface area contributed by atoms with Gasteiger partial charge in [-0.1, -0.05) is 42.5 Å². The number of aromatic nitrogens is 2. The number of benzene rings is 3. The van der Waals surface area contributed by atoms with Crippen LogP contribution in [0.25, 0.3) is 10.9 Å². The number of fused-ring (bicyclic) bond motifs is 1. The third-order valence-electron chi connectivity index (χ3n) is 6.12. The Bertz CT molecular complexity index is 1400. The van der Waals surface area contributed by atoms with E-state index in [-0.39, 0.29) is 11.5 Å². The number of aromatic amines is 1. The molecule has 0 unspecified atom stereocenters. The number of carbonyl (C=O) groups excluding carboxylic acids is 1. The molecular weight excluding hydrogens is 432 g/mol. The van der Waals surface area contributed by atoms with Crippen LogP contribution in [0.15, 0.2) is 83.7 Å². The van der Waals surface area contributed by atoms with E-state index in [1.54, 1.807) is 10.6 Å². The van der Waals surface area contributed by atoms with Crippen molar-refractivity contribution in [1.29, 1.82) is 0 Å². The molecule has 2 heterocycles. The first-order chi connectivity index (χ1) is 16.1. The van der Waals surface area contributed by atoms with Crippen LogP contribution in [0.1, 0.15) is 15.9 Å². The molecule has 0 bridgehead atoms. The Hall–Kier alpha value is -3.71. The highest BCUT2D eigenvalue weighted by atomic mass is 32.1. The van der Waals surface area contributed by atoms with Crippen molar-refractivity contribution in [2.75, 3.05) is 31.1 Å². The molecule has 1 fully saturated rings. The first-order valence-electron chi connectivity index (χ1n) is 11.0. The molecule has 1 amide bonds. The number of nitrogens with one attached hydrogen (secondary N) is 1. The van der Waals surface area contributed by atoms with Gasteiger partial charge in [-0.05, 0) is 54.2 Å². The Morgan fingerprint density at radius 3 is 2.24 bits per heavy atom. The van der Waals surface area contributed by atoms with Crippen molar-refractivity contribution < 1.29 is 4.79 Å². The van der Waals surface area contributed by atoms with Crippen molar-refractivity contribution in [3.63, 3.8) is 0 Å². The van der Waals surface area contributed by atoms with Gasteiger partial charge in [0, 0.05) is 37.4 Å². The average molecular weight is 457 g/mol. The molecule has 1 saturated heterocycles. The molecule has 1 aliphatic heterocycles. The van der Waals surface area contributed by atoms with Gasteiger partial charge >= 0.3 is 0 Å². The van der Waals surface area contributed by atoms with Gasteiger partial charge in [0.1, 0.15) is 0 Å². The quantitative estimate of drug-likeness (QED) is 0.471. The average Bonchev–Trinajstić information content (AvgIpc) is 2.87. The van der Waals surface area contributed by atoms with Crippen LogP contribution >= 0.6 is 12.2 Å². The summed E-state index contributed by atoms with van der Waals surface area (Å²) in [5, 5.41) is 0.604. The molecule has 0 aliphatic carbocycles. The van der Waals surface area contributed by atoms with Gasteiger partial charge in [-0.25, -0.2) is 0 Å². The zero-order valence-electron chi connectivity index (χ0n) is 18.1. The lowest BCUT2D eigenvalue weighted by Gasteiger charge is -2.36. The maximum absolute atomic E-state index is 13.0. The van der Waals surface area contributed by atoms with Crippen LogP contribution in [0, 0.1) is 4.77 Å². The Kier molecular flexibility index (Phi) is 5.79. The van der Waals surface area contributed by atoms with Crippen molar-refractivity contribution in [2.45, 2.75) is 6.54 Å². The van der Waals surface area contributed by atoms with Gasteiger partial charge in [0.25, 0.3) is 11.5 Å². The highest BCUT2D eigenvalue weighted by molar-refractivity contribution is 7.71. The molecule has 1 aromatic heterocycles. The molecule has 0 spiro atoms. The number of rotatable bonds is 4. The van der Waals surface area contributed by atoms with Crippen LogP contribution in [-0.4, -0.2) is 46.5 Å². The van der Waals surface area contributed by atoms with Crippen molar-refractivity contribution in [3.05, 3.63) is 105 Å². The minimum absolute atomic E-state index is 0.0365. The van der Waals surface area contributed by atoms with Gasteiger partial charge in [-0.2, -0.15) is 0 Å². The summed E-state index contributed by atoms with van der Waals surface area (Å²) in [6.45, 7) is 3.37. The van der Waals surface area contributed by atoms with Crippen molar-refractivity contribution in [2.24, 2.45) is 0 Å². The third kappa shape index (κ3) is 4.32. The van der Waals surface area contributed by atoms with Crippen LogP contribution in [0.3, 0.4) is 0 Å². The van der Waals surface area contributed by atoms with Gasteiger partial charge in [-0.3, -0.25) is 14.2 Å². The summed E-state index contributed by atoms with van der Waals surface area (Å²) in [5.41, 5.74) is 3.37. The fourth-order valence-electron chi connectivity index (χ4n) is 4.27. The lowest BCUT2D eigenvalue weighted by Crippen LogP contribution is -2.48. The van der Waals surface area contributed by atoms with Crippen LogP contribution in [-0.2, 0) is 6.54 Å². The first kappa shape index (κ1) is 21.2. The van der Waals surface area contributed by atoms with E-state index < -0.39 is 0 Å². The highest BCUT2D eigenvalue weighted by Gasteiger charge is 2.22. The van der Waals surface area contributed by atoms with E-state index in [9.17, 15) is 9.59 Å². The standard InChI is InChI=1S/C26H24N4O2S/c31-24(29-16-14-28(15-17-29)21-6-2-1-3-7-21)20-12-10-19(11-13-20)18-30-25(32)22-8-4-5-9-23(22)27-26(30)33/h1-13H,14-18H2,(H,27,33). The number of carbonyl (C=O) groups is 1. The SMILES string of the molecule is O=C(c1ccc(Cn2c(=S)[nH]c3ccccc3c2=O)cc1)N1CCN(c2ccccc2)CC1. The summed E-state index contributed by atoms with van der Waals surface area (Å²) < 4.78 is 1.94. The van der Waals surface area contributed by atoms with Crippen LogP contribution < -0.4 is 10.5 Å². The first-order valence-corrected chi connectivity index (χ1v) is 11.4. The van der Waals surface area contributed by atoms with Gasteiger partial charge < -0.3 is 14.8 Å². The number of hydrogen-bond donors (Lipinski definition) is 1. The number of H-pyrrole nitrogens is 1. The molecule has 0 saturated carbocycles. The number of piperazine rings is 1.